The fraction of sp³-hybridized carbons (Fsp3) is 0.617. The number of ketones is 2. The molecule has 6 aliphatic rings. The molecule has 14 heteroatoms. The molecule has 1 heterocycles. The van der Waals surface area contributed by atoms with Gasteiger partial charge in [0.1, 0.15) is 18.0 Å². The second-order valence-corrected chi connectivity index (χ2v) is 18.0. The molecule has 61 heavy (non-hydrogen) atoms. The van der Waals surface area contributed by atoms with E-state index >= 15 is 0 Å². The third kappa shape index (κ3) is 9.27. The Hall–Kier alpha value is -4.27. The van der Waals surface area contributed by atoms with Gasteiger partial charge >= 0.3 is 18.3 Å². The summed E-state index contributed by atoms with van der Waals surface area (Å²) < 4.78 is 68.4. The number of esters is 1. The van der Waals surface area contributed by atoms with Crippen molar-refractivity contribution >= 4 is 23.7 Å². The maximum atomic E-state index is 13.8. The summed E-state index contributed by atoms with van der Waals surface area (Å²) >= 11 is 0. The Morgan fingerprint density at radius 1 is 1.05 bits per heavy atom. The minimum atomic E-state index is -4.61. The zero-order valence-corrected chi connectivity index (χ0v) is 35.0. The van der Waals surface area contributed by atoms with E-state index in [0.29, 0.717) is 38.5 Å². The highest BCUT2D eigenvalue weighted by Gasteiger charge is 2.81. The van der Waals surface area contributed by atoms with E-state index in [2.05, 4.69) is 13.0 Å². The predicted octanol–water partition coefficient (Wildman–Crippen LogP) is 8.11. The average Bonchev–Trinajstić information content (AvgIpc) is 3.60. The topological polar surface area (TPSA) is 158 Å². The quantitative estimate of drug-likeness (QED) is 0.0717. The molecule has 1 aromatic carbocycles. The Bertz CT molecular complexity index is 1970. The highest BCUT2D eigenvalue weighted by molar-refractivity contribution is 5.95. The number of hydrogen-bond donors (Lipinski definition) is 2. The van der Waals surface area contributed by atoms with Crippen molar-refractivity contribution < 1.29 is 66.2 Å². The van der Waals surface area contributed by atoms with Gasteiger partial charge < -0.3 is 33.9 Å². The molecular weight excluding hydrogens is 797 g/mol. The number of alkyl halides is 3. The number of allylic oxidation sites excluding steroid dienone is 5. The number of halogens is 3. The smallest absolute Gasteiger partial charge is 0.489 e. The summed E-state index contributed by atoms with van der Waals surface area (Å²) in [6.07, 6.45) is 8.73. The highest BCUT2D eigenvalue weighted by Crippen LogP contribution is 2.72. The number of Topliss-reactive ketones (excluding diaryl/α,β-unsaturated/α-hetero) is 1. The van der Waals surface area contributed by atoms with Crippen LogP contribution >= 0.6 is 0 Å². The third-order valence-electron chi connectivity index (χ3n) is 13.9. The fourth-order valence-electron chi connectivity index (χ4n) is 10.9. The largest absolute Gasteiger partial charge is 0.509 e. The number of carbonyl (C=O) groups excluding carboxylic acids is 4. The van der Waals surface area contributed by atoms with Crippen LogP contribution in [0.4, 0.5) is 18.0 Å². The number of ether oxygens (including phenoxy) is 5. The minimum absolute atomic E-state index is 0.105. The van der Waals surface area contributed by atoms with Crippen LogP contribution in [0.1, 0.15) is 103 Å². The Balaban J connectivity index is 0.985. The zero-order valence-electron chi connectivity index (χ0n) is 35.0. The van der Waals surface area contributed by atoms with Gasteiger partial charge in [-0.15, -0.1) is 0 Å². The second-order valence-electron chi connectivity index (χ2n) is 18.0. The molecule has 5 aliphatic carbocycles. The monoisotopic (exact) mass is 854 g/mol. The first-order valence-corrected chi connectivity index (χ1v) is 21.7. The van der Waals surface area contributed by atoms with Crippen LogP contribution in [0.25, 0.3) is 0 Å². The van der Waals surface area contributed by atoms with Crippen LogP contribution in [0.15, 0.2) is 71.9 Å². The molecule has 0 unspecified atom stereocenters. The van der Waals surface area contributed by atoms with Crippen LogP contribution in [-0.2, 0) is 39.5 Å². The summed E-state index contributed by atoms with van der Waals surface area (Å²) in [7, 11) is 0. The first kappa shape index (κ1) is 44.8. The summed E-state index contributed by atoms with van der Waals surface area (Å²) in [4.78, 5) is 51.1. The lowest BCUT2D eigenvalue weighted by molar-refractivity contribution is -0.147. The number of aliphatic hydroxyl groups is 2. The van der Waals surface area contributed by atoms with Gasteiger partial charge in [-0.05, 0) is 120 Å². The van der Waals surface area contributed by atoms with Crippen molar-refractivity contribution in [2.45, 2.75) is 140 Å². The van der Waals surface area contributed by atoms with Crippen LogP contribution < -0.4 is 4.74 Å². The SMILES string of the molecule is CC(C)OC(=O)CCC/C=C\C[C@@H]1[C@@H](/C=C/[C@H](COc2cccc(C(F)(F)F)c2)OC(=O)OCC(=O)[C@@]23CC[C@H]4[C@@H]5CCC6=CC(=O)CC[C@]6(C)C5=CC[C@@]42O3)[C@H](O)C[C@@H]1O. The van der Waals surface area contributed by atoms with E-state index < -0.39 is 72.5 Å². The lowest BCUT2D eigenvalue weighted by Crippen LogP contribution is -2.45. The zero-order chi connectivity index (χ0) is 43.7. The predicted molar refractivity (Wildman–Crippen MR) is 215 cm³/mol. The number of aliphatic hydroxyl groups excluding tert-OH is 2. The van der Waals surface area contributed by atoms with Gasteiger partial charge in [0.15, 0.2) is 24.1 Å². The number of hydrogen-bond acceptors (Lipinski definition) is 11. The third-order valence-corrected chi connectivity index (χ3v) is 13.9. The van der Waals surface area contributed by atoms with Crippen molar-refractivity contribution in [3.05, 3.63) is 77.4 Å². The number of fused-ring (bicyclic) bond motifs is 4. The minimum Gasteiger partial charge on any atom is -0.489 e. The van der Waals surface area contributed by atoms with Gasteiger partial charge in [-0.2, -0.15) is 13.2 Å². The van der Waals surface area contributed by atoms with E-state index in [0.717, 1.165) is 37.8 Å². The molecule has 0 radical (unpaired) electrons. The Morgan fingerprint density at radius 3 is 2.62 bits per heavy atom. The van der Waals surface area contributed by atoms with Crippen molar-refractivity contribution in [2.24, 2.45) is 29.1 Å². The van der Waals surface area contributed by atoms with Gasteiger partial charge in [-0.1, -0.05) is 48.4 Å². The number of carbonyl (C=O) groups is 4. The normalized spacial score (nSPS) is 33.3. The fourth-order valence-corrected chi connectivity index (χ4v) is 10.9. The Labute approximate surface area is 354 Å². The van der Waals surface area contributed by atoms with E-state index in [1.54, 1.807) is 19.9 Å². The summed E-state index contributed by atoms with van der Waals surface area (Å²) in [5, 5.41) is 21.7. The average molecular weight is 855 g/mol. The molecule has 1 aromatic rings. The molecule has 1 saturated heterocycles. The molecule has 4 fully saturated rings. The van der Waals surface area contributed by atoms with Crippen molar-refractivity contribution in [1.29, 1.82) is 0 Å². The molecule has 2 N–H and O–H groups in total. The number of rotatable bonds is 16. The molecule has 332 valence electrons. The van der Waals surface area contributed by atoms with Crippen LogP contribution in [0, 0.1) is 29.1 Å². The molecule has 1 spiro atoms. The van der Waals surface area contributed by atoms with Crippen molar-refractivity contribution in [1.82, 2.24) is 0 Å². The standard InChI is InChI=1S/C47H57F3O11/c1-28(2)59-42(55)12-7-5-4-6-11-34-35(40(53)25-39(34)52)16-14-33(26-57-32-10-8-9-30(24-32)47(48,49)50)60-43(56)58-27-41(54)46-22-19-38-36-15-13-29-23-31(51)17-20-44(29,3)37(36)18-21-45(38,46)61-46/h4,6,8-10,14,16,18,23-24,28,33-36,38-40,52-53H,5,7,11-13,15,17,19-22,25-27H2,1-3H3/b6-4-,16-14+/t33-,34-,35-,36-,38+,39+,40-,44+,45-,46+/m1/s1. The van der Waals surface area contributed by atoms with Crippen molar-refractivity contribution in [3.63, 3.8) is 0 Å². The Kier molecular flexibility index (Phi) is 13.1. The molecule has 11 nitrogen and oxygen atoms in total. The molecule has 10 atom stereocenters. The van der Waals surface area contributed by atoms with Crippen molar-refractivity contribution in [2.75, 3.05) is 13.2 Å². The van der Waals surface area contributed by atoms with E-state index in [9.17, 15) is 42.6 Å². The highest BCUT2D eigenvalue weighted by atomic mass is 19.4. The van der Waals surface area contributed by atoms with E-state index in [4.69, 9.17) is 23.7 Å². The lowest BCUT2D eigenvalue weighted by Gasteiger charge is -2.50. The first-order valence-electron chi connectivity index (χ1n) is 21.7. The molecule has 0 aromatic heterocycles. The van der Waals surface area contributed by atoms with Gasteiger partial charge in [-0.25, -0.2) is 4.79 Å². The maximum absolute atomic E-state index is 13.8. The molecule has 1 aliphatic heterocycles. The second kappa shape index (κ2) is 17.8. The number of epoxide rings is 1. The summed E-state index contributed by atoms with van der Waals surface area (Å²) in [6, 6.07) is 4.26. The maximum Gasteiger partial charge on any atom is 0.509 e. The molecule has 0 bridgehead atoms. The molecule has 7 rings (SSSR count). The number of benzene rings is 1. The molecule has 3 saturated carbocycles. The van der Waals surface area contributed by atoms with E-state index in [-0.39, 0.29) is 59.5 Å². The summed E-state index contributed by atoms with van der Waals surface area (Å²) in [5.41, 5.74) is -0.290. The number of unbranched alkanes of at least 4 members (excludes halogenated alkanes) is 1. The first-order chi connectivity index (χ1) is 29.0. The molecule has 0 amide bonds. The van der Waals surface area contributed by atoms with Crippen LogP contribution in [0.2, 0.25) is 0 Å². The van der Waals surface area contributed by atoms with Crippen LogP contribution in [-0.4, -0.2) is 82.7 Å². The van der Waals surface area contributed by atoms with Crippen molar-refractivity contribution in [3.8, 4) is 5.75 Å². The Morgan fingerprint density at radius 2 is 1.85 bits per heavy atom. The van der Waals surface area contributed by atoms with E-state index in [1.165, 1.54) is 29.4 Å². The van der Waals surface area contributed by atoms with Gasteiger partial charge in [0, 0.05) is 30.6 Å². The van der Waals surface area contributed by atoms with Gasteiger partial charge in [-0.3, -0.25) is 14.4 Å². The van der Waals surface area contributed by atoms with Gasteiger partial charge in [0.2, 0.25) is 5.78 Å². The summed E-state index contributed by atoms with van der Waals surface area (Å²) in [5.74, 6) is -1.20. The van der Waals surface area contributed by atoms with Gasteiger partial charge in [0.25, 0.3) is 0 Å². The summed E-state index contributed by atoms with van der Waals surface area (Å²) in [6.45, 7) is 4.77. The molecular formula is C47H57F3O11. The van der Waals surface area contributed by atoms with E-state index in [1.807, 2.05) is 18.2 Å². The van der Waals surface area contributed by atoms with Crippen LogP contribution in [0.3, 0.4) is 0 Å². The van der Waals surface area contributed by atoms with Crippen LogP contribution in [0.5, 0.6) is 5.75 Å². The van der Waals surface area contributed by atoms with Gasteiger partial charge in [0.05, 0.1) is 23.9 Å². The lowest BCUT2D eigenvalue weighted by atomic mass is 9.54.